The highest BCUT2D eigenvalue weighted by molar-refractivity contribution is 7.89. The Morgan fingerprint density at radius 2 is 1.79 bits per heavy atom. The van der Waals surface area contributed by atoms with E-state index in [9.17, 15) is 17.6 Å². The SMILES string of the molecule is Cc1cccc(NC(=O)c2ccc(F)c(S(=O)(=O)N3C[C@H](C)C[C@H](C)C3)c2)c1. The van der Waals surface area contributed by atoms with Gasteiger partial charge < -0.3 is 5.32 Å². The summed E-state index contributed by atoms with van der Waals surface area (Å²) in [4.78, 5) is 12.1. The first-order valence-electron chi connectivity index (χ1n) is 9.34. The lowest BCUT2D eigenvalue weighted by Gasteiger charge is -2.34. The number of benzene rings is 2. The van der Waals surface area contributed by atoms with Gasteiger partial charge >= 0.3 is 0 Å². The quantitative estimate of drug-likeness (QED) is 0.836. The molecule has 1 amide bonds. The first-order valence-corrected chi connectivity index (χ1v) is 10.8. The molecule has 0 aromatic heterocycles. The predicted octanol–water partition coefficient (Wildman–Crippen LogP) is 4.05. The maximum atomic E-state index is 14.4. The molecule has 0 unspecified atom stereocenters. The zero-order valence-corrected chi connectivity index (χ0v) is 17.1. The average Bonchev–Trinajstić information content (AvgIpc) is 2.61. The number of nitrogens with one attached hydrogen (secondary N) is 1. The Hall–Kier alpha value is -2.25. The Morgan fingerprint density at radius 1 is 1.11 bits per heavy atom. The van der Waals surface area contributed by atoms with E-state index in [2.05, 4.69) is 5.32 Å². The van der Waals surface area contributed by atoms with E-state index in [0.717, 1.165) is 24.1 Å². The molecular formula is C21H25FN2O3S. The lowest BCUT2D eigenvalue weighted by atomic mass is 9.94. The fourth-order valence-electron chi connectivity index (χ4n) is 3.71. The summed E-state index contributed by atoms with van der Waals surface area (Å²) < 4.78 is 41.8. The van der Waals surface area contributed by atoms with Crippen LogP contribution in [0.15, 0.2) is 47.4 Å². The highest BCUT2D eigenvalue weighted by Gasteiger charge is 2.33. The van der Waals surface area contributed by atoms with Crippen LogP contribution in [0.25, 0.3) is 0 Å². The standard InChI is InChI=1S/C21H25FN2O3S/c1-14-5-4-6-18(10-14)23-21(25)17-7-8-19(22)20(11-17)28(26,27)24-12-15(2)9-16(3)13-24/h4-8,10-11,15-16H,9,12-13H2,1-3H3,(H,23,25)/t15-,16+. The van der Waals surface area contributed by atoms with E-state index in [0.29, 0.717) is 18.8 Å². The number of aryl methyl sites for hydroxylation is 1. The van der Waals surface area contributed by atoms with E-state index in [1.165, 1.54) is 10.4 Å². The van der Waals surface area contributed by atoms with Gasteiger partial charge in [-0.2, -0.15) is 4.31 Å². The predicted molar refractivity (Wildman–Crippen MR) is 107 cm³/mol. The van der Waals surface area contributed by atoms with Gasteiger partial charge in [0, 0.05) is 24.3 Å². The van der Waals surface area contributed by atoms with Gasteiger partial charge in [0.05, 0.1) is 0 Å². The average molecular weight is 405 g/mol. The van der Waals surface area contributed by atoms with Crippen molar-refractivity contribution in [2.24, 2.45) is 11.8 Å². The van der Waals surface area contributed by atoms with Crippen molar-refractivity contribution in [2.45, 2.75) is 32.1 Å². The molecule has 2 aromatic rings. The van der Waals surface area contributed by atoms with E-state index >= 15 is 0 Å². The first kappa shape index (κ1) is 20.5. The summed E-state index contributed by atoms with van der Waals surface area (Å²) in [5, 5.41) is 2.72. The second-order valence-corrected chi connectivity index (χ2v) is 9.64. The van der Waals surface area contributed by atoms with Crippen LogP contribution in [-0.4, -0.2) is 31.7 Å². The van der Waals surface area contributed by atoms with Crippen molar-refractivity contribution >= 4 is 21.6 Å². The molecular weight excluding hydrogens is 379 g/mol. The minimum Gasteiger partial charge on any atom is -0.322 e. The van der Waals surface area contributed by atoms with Crippen molar-refractivity contribution < 1.29 is 17.6 Å². The summed E-state index contributed by atoms with van der Waals surface area (Å²) in [5.74, 6) is -0.927. The summed E-state index contributed by atoms with van der Waals surface area (Å²) in [5.41, 5.74) is 1.67. The molecule has 0 radical (unpaired) electrons. The van der Waals surface area contributed by atoms with E-state index in [1.54, 1.807) is 12.1 Å². The van der Waals surface area contributed by atoms with Gasteiger partial charge in [-0.1, -0.05) is 26.0 Å². The molecule has 1 saturated heterocycles. The van der Waals surface area contributed by atoms with Crippen molar-refractivity contribution in [3.63, 3.8) is 0 Å². The molecule has 0 saturated carbocycles. The molecule has 7 heteroatoms. The summed E-state index contributed by atoms with van der Waals surface area (Å²) in [6.45, 7) is 6.58. The number of hydrogen-bond donors (Lipinski definition) is 1. The Kier molecular flexibility index (Phi) is 5.86. The minimum absolute atomic E-state index is 0.0968. The third kappa shape index (κ3) is 4.42. The van der Waals surface area contributed by atoms with Gasteiger partial charge in [-0.25, -0.2) is 12.8 Å². The lowest BCUT2D eigenvalue weighted by molar-refractivity contribution is 0.102. The van der Waals surface area contributed by atoms with Crippen LogP contribution in [0.4, 0.5) is 10.1 Å². The van der Waals surface area contributed by atoms with Crippen LogP contribution in [0.1, 0.15) is 36.2 Å². The summed E-state index contributed by atoms with van der Waals surface area (Å²) in [6.07, 6.45) is 0.938. The molecule has 1 aliphatic rings. The van der Waals surface area contributed by atoms with Gasteiger partial charge in [-0.3, -0.25) is 4.79 Å². The number of hydrogen-bond acceptors (Lipinski definition) is 3. The minimum atomic E-state index is -4.02. The van der Waals surface area contributed by atoms with E-state index < -0.39 is 26.6 Å². The molecule has 0 bridgehead atoms. The van der Waals surface area contributed by atoms with Crippen LogP contribution in [0.2, 0.25) is 0 Å². The van der Waals surface area contributed by atoms with Gasteiger partial charge in [0.25, 0.3) is 5.91 Å². The molecule has 150 valence electrons. The van der Waals surface area contributed by atoms with Crippen molar-refractivity contribution in [3.05, 3.63) is 59.4 Å². The first-order chi connectivity index (χ1) is 13.2. The monoisotopic (exact) mass is 404 g/mol. The van der Waals surface area contributed by atoms with Gasteiger partial charge in [0.1, 0.15) is 10.7 Å². The molecule has 28 heavy (non-hydrogen) atoms. The van der Waals surface area contributed by atoms with E-state index in [1.807, 2.05) is 32.9 Å². The number of anilines is 1. The van der Waals surface area contributed by atoms with Crippen LogP contribution < -0.4 is 5.32 Å². The highest BCUT2D eigenvalue weighted by Crippen LogP contribution is 2.28. The number of halogens is 1. The summed E-state index contributed by atoms with van der Waals surface area (Å²) >= 11 is 0. The van der Waals surface area contributed by atoms with E-state index in [-0.39, 0.29) is 17.4 Å². The zero-order chi connectivity index (χ0) is 20.5. The number of sulfonamides is 1. The number of rotatable bonds is 4. The largest absolute Gasteiger partial charge is 0.322 e. The highest BCUT2D eigenvalue weighted by atomic mass is 32.2. The Balaban J connectivity index is 1.89. The fourth-order valence-corrected chi connectivity index (χ4v) is 5.48. The Labute approximate surface area is 165 Å². The molecule has 1 N–H and O–H groups in total. The van der Waals surface area contributed by atoms with Crippen LogP contribution in [0.5, 0.6) is 0 Å². The van der Waals surface area contributed by atoms with Crippen molar-refractivity contribution in [1.29, 1.82) is 0 Å². The smallest absolute Gasteiger partial charge is 0.255 e. The summed E-state index contributed by atoms with van der Waals surface area (Å²) in [6, 6.07) is 10.7. The number of piperidine rings is 1. The molecule has 3 rings (SSSR count). The lowest BCUT2D eigenvalue weighted by Crippen LogP contribution is -2.42. The molecule has 5 nitrogen and oxygen atoms in total. The molecule has 1 fully saturated rings. The Bertz CT molecular complexity index is 981. The number of carbonyl (C=O) groups is 1. The summed E-state index contributed by atoms with van der Waals surface area (Å²) in [7, 11) is -4.02. The second kappa shape index (κ2) is 8.01. The fraction of sp³-hybridized carbons (Fsp3) is 0.381. The molecule has 0 aliphatic carbocycles. The number of amides is 1. The van der Waals surface area contributed by atoms with Gasteiger partial charge in [-0.15, -0.1) is 0 Å². The van der Waals surface area contributed by atoms with Gasteiger partial charge in [-0.05, 0) is 61.1 Å². The maximum Gasteiger partial charge on any atom is 0.255 e. The Morgan fingerprint density at radius 3 is 2.43 bits per heavy atom. The zero-order valence-electron chi connectivity index (χ0n) is 16.3. The maximum absolute atomic E-state index is 14.4. The van der Waals surface area contributed by atoms with Crippen molar-refractivity contribution in [1.82, 2.24) is 4.31 Å². The van der Waals surface area contributed by atoms with Crippen molar-refractivity contribution in [2.75, 3.05) is 18.4 Å². The van der Waals surface area contributed by atoms with Gasteiger partial charge in [0.15, 0.2) is 0 Å². The third-order valence-corrected chi connectivity index (χ3v) is 6.77. The molecule has 1 aliphatic heterocycles. The topological polar surface area (TPSA) is 66.5 Å². The number of nitrogens with zero attached hydrogens (tertiary/aromatic N) is 1. The number of carbonyl (C=O) groups excluding carboxylic acids is 1. The molecule has 2 atom stereocenters. The molecule has 1 heterocycles. The van der Waals surface area contributed by atoms with Crippen LogP contribution in [-0.2, 0) is 10.0 Å². The van der Waals surface area contributed by atoms with Crippen LogP contribution in [0.3, 0.4) is 0 Å². The van der Waals surface area contributed by atoms with Crippen molar-refractivity contribution in [3.8, 4) is 0 Å². The molecule has 0 spiro atoms. The normalized spacial score (nSPS) is 20.7. The second-order valence-electron chi connectivity index (χ2n) is 7.74. The van der Waals surface area contributed by atoms with Crippen LogP contribution in [0, 0.1) is 24.6 Å². The van der Waals surface area contributed by atoms with E-state index in [4.69, 9.17) is 0 Å². The third-order valence-electron chi connectivity index (χ3n) is 4.92. The van der Waals surface area contributed by atoms with Crippen LogP contribution >= 0.6 is 0 Å². The molecule has 2 aromatic carbocycles. The van der Waals surface area contributed by atoms with Gasteiger partial charge in [0.2, 0.25) is 10.0 Å².